The van der Waals surface area contributed by atoms with Crippen LogP contribution in [0.1, 0.15) is 17.3 Å². The quantitative estimate of drug-likeness (QED) is 0.309. The number of carbonyl (C=O) groups excluding carboxylic acids is 4. The molecule has 2 amide bonds. The largest absolute Gasteiger partial charge is 0.427 e. The fraction of sp³-hybridized carbons (Fsp3) is 0.208. The summed E-state index contributed by atoms with van der Waals surface area (Å²) in [6.45, 7) is 1.27. The third kappa shape index (κ3) is 3.32. The minimum atomic E-state index is -1.02. The Balaban J connectivity index is 1.52. The summed E-state index contributed by atoms with van der Waals surface area (Å²) >= 11 is 0. The van der Waals surface area contributed by atoms with Crippen molar-refractivity contribution in [3.63, 3.8) is 0 Å². The van der Waals surface area contributed by atoms with Gasteiger partial charge in [0, 0.05) is 18.7 Å². The molecule has 0 aromatic heterocycles. The second-order valence-electron chi connectivity index (χ2n) is 7.99. The first-order valence-corrected chi connectivity index (χ1v) is 10.3. The van der Waals surface area contributed by atoms with Crippen LogP contribution in [0.2, 0.25) is 0 Å². The van der Waals surface area contributed by atoms with E-state index in [1.54, 1.807) is 12.2 Å². The zero-order valence-corrected chi connectivity index (χ0v) is 17.4. The second kappa shape index (κ2) is 7.77. The van der Waals surface area contributed by atoms with Crippen molar-refractivity contribution in [2.75, 3.05) is 4.90 Å². The number of rotatable bonds is 4. The van der Waals surface area contributed by atoms with Crippen molar-refractivity contribution in [2.24, 2.45) is 16.9 Å². The molecule has 0 saturated carbocycles. The second-order valence-corrected chi connectivity index (χ2v) is 7.99. The van der Waals surface area contributed by atoms with Gasteiger partial charge in [-0.25, -0.2) is 9.29 Å². The highest BCUT2D eigenvalue weighted by Gasteiger charge is 2.64. The number of imide groups is 1. The van der Waals surface area contributed by atoms with Crippen molar-refractivity contribution in [3.8, 4) is 5.75 Å². The number of carbonyl (C=O) groups is 4. The third-order valence-electron chi connectivity index (χ3n) is 6.03. The molecule has 0 aliphatic carbocycles. The number of Topliss-reactive ketones (excluding diaryl/α,β-unsaturated/α-hetero) is 1. The number of esters is 1. The molecule has 3 aliphatic rings. The van der Waals surface area contributed by atoms with Crippen molar-refractivity contribution in [1.82, 2.24) is 5.01 Å². The molecule has 2 saturated heterocycles. The molecule has 8 nitrogen and oxygen atoms in total. The summed E-state index contributed by atoms with van der Waals surface area (Å²) in [6.07, 6.45) is 4.91. The number of ketones is 1. The normalized spacial score (nSPS) is 25.3. The fourth-order valence-electron chi connectivity index (χ4n) is 4.73. The maximum Gasteiger partial charge on any atom is 0.308 e. The van der Waals surface area contributed by atoms with Gasteiger partial charge >= 0.3 is 5.97 Å². The molecule has 2 aromatic carbocycles. The molecule has 5 rings (SSSR count). The maximum atomic E-state index is 13.8. The number of halogens is 1. The van der Waals surface area contributed by atoms with Crippen LogP contribution < -0.4 is 9.64 Å². The minimum Gasteiger partial charge on any atom is -0.427 e. The standard InChI is InChI=1S/C24H18FN3O5/c1-13(29)33-17-9-7-14(8-10-17)22(30)21-20-19(18-6-3-11-26-28(18)21)23(31)27(24(20)32)16-5-2-4-15(25)12-16/h2-12,18-21H,1H3/t18-,19-,20+,21-/m0/s1. The third-order valence-corrected chi connectivity index (χ3v) is 6.03. The Morgan fingerprint density at radius 3 is 2.45 bits per heavy atom. The topological polar surface area (TPSA) is 96.3 Å². The number of amides is 2. The molecule has 0 unspecified atom stereocenters. The van der Waals surface area contributed by atoms with E-state index in [1.165, 1.54) is 60.6 Å². The Labute approximate surface area is 187 Å². The number of anilines is 1. The highest BCUT2D eigenvalue weighted by Crippen LogP contribution is 2.46. The molecule has 0 radical (unpaired) electrons. The molecule has 0 N–H and O–H groups in total. The predicted octanol–water partition coefficient (Wildman–Crippen LogP) is 2.35. The van der Waals surface area contributed by atoms with Crippen LogP contribution in [-0.4, -0.2) is 46.9 Å². The number of hydrogen-bond donors (Lipinski definition) is 0. The molecular formula is C24H18FN3O5. The van der Waals surface area contributed by atoms with Gasteiger partial charge in [-0.3, -0.25) is 24.2 Å². The Morgan fingerprint density at radius 2 is 1.76 bits per heavy atom. The molecule has 166 valence electrons. The molecule has 33 heavy (non-hydrogen) atoms. The Morgan fingerprint density at radius 1 is 1.03 bits per heavy atom. The van der Waals surface area contributed by atoms with Crippen molar-refractivity contribution < 1.29 is 28.3 Å². The SMILES string of the molecule is CC(=O)Oc1ccc(C(=O)[C@@H]2[C@@H]3C(=O)N(c4cccc(F)c4)C(=O)[C@H]3[C@@H]3C=CC=NN23)cc1. The van der Waals surface area contributed by atoms with Crippen LogP contribution in [0.25, 0.3) is 0 Å². The number of fused-ring (bicyclic) bond motifs is 3. The average Bonchev–Trinajstić information content (AvgIpc) is 3.26. The van der Waals surface area contributed by atoms with E-state index in [-0.39, 0.29) is 17.0 Å². The lowest BCUT2D eigenvalue weighted by Gasteiger charge is -2.30. The number of ether oxygens (including phenoxy) is 1. The summed E-state index contributed by atoms with van der Waals surface area (Å²) in [7, 11) is 0. The first kappa shape index (κ1) is 20.7. The Bertz CT molecular complexity index is 1240. The van der Waals surface area contributed by atoms with Crippen LogP contribution in [0.5, 0.6) is 5.75 Å². The molecule has 9 heteroatoms. The summed E-state index contributed by atoms with van der Waals surface area (Å²) in [5.74, 6) is -4.04. The summed E-state index contributed by atoms with van der Waals surface area (Å²) in [4.78, 5) is 52.4. The van der Waals surface area contributed by atoms with E-state index in [0.29, 0.717) is 0 Å². The number of benzene rings is 2. The smallest absolute Gasteiger partial charge is 0.308 e. The van der Waals surface area contributed by atoms with Gasteiger partial charge in [-0.15, -0.1) is 0 Å². The van der Waals surface area contributed by atoms with Gasteiger partial charge in [0.25, 0.3) is 0 Å². The fourth-order valence-corrected chi connectivity index (χ4v) is 4.73. The molecule has 4 atom stereocenters. The molecule has 2 aromatic rings. The van der Waals surface area contributed by atoms with Crippen LogP contribution in [0.4, 0.5) is 10.1 Å². The van der Waals surface area contributed by atoms with Gasteiger partial charge < -0.3 is 4.74 Å². The Hall–Kier alpha value is -4.14. The zero-order valence-electron chi connectivity index (χ0n) is 17.4. The molecule has 2 fully saturated rings. The Kier molecular flexibility index (Phi) is 4.88. The number of hydrazone groups is 1. The predicted molar refractivity (Wildman–Crippen MR) is 115 cm³/mol. The number of allylic oxidation sites excluding steroid dienone is 1. The highest BCUT2D eigenvalue weighted by molar-refractivity contribution is 6.24. The van der Waals surface area contributed by atoms with E-state index in [4.69, 9.17) is 4.74 Å². The van der Waals surface area contributed by atoms with Crippen LogP contribution in [-0.2, 0) is 14.4 Å². The molecule has 0 spiro atoms. The summed E-state index contributed by atoms with van der Waals surface area (Å²) in [5, 5.41) is 5.78. The van der Waals surface area contributed by atoms with Crippen LogP contribution in [0.15, 0.2) is 65.8 Å². The monoisotopic (exact) mass is 447 g/mol. The van der Waals surface area contributed by atoms with Gasteiger partial charge in [-0.2, -0.15) is 5.10 Å². The lowest BCUT2D eigenvalue weighted by Crippen LogP contribution is -2.46. The average molecular weight is 447 g/mol. The lowest BCUT2D eigenvalue weighted by molar-refractivity contribution is -0.132. The van der Waals surface area contributed by atoms with Gasteiger partial charge in [0.1, 0.15) is 17.6 Å². The van der Waals surface area contributed by atoms with E-state index in [0.717, 1.165) is 11.0 Å². The zero-order chi connectivity index (χ0) is 23.3. The van der Waals surface area contributed by atoms with Gasteiger partial charge in [0.15, 0.2) is 5.78 Å². The molecule has 3 aliphatic heterocycles. The van der Waals surface area contributed by atoms with Crippen LogP contribution in [0, 0.1) is 17.7 Å². The summed E-state index contributed by atoms with van der Waals surface area (Å²) < 4.78 is 18.8. The maximum absolute atomic E-state index is 13.8. The van der Waals surface area contributed by atoms with Crippen molar-refractivity contribution in [3.05, 3.63) is 72.1 Å². The van der Waals surface area contributed by atoms with E-state index < -0.39 is 53.3 Å². The van der Waals surface area contributed by atoms with Crippen LogP contribution >= 0.6 is 0 Å². The van der Waals surface area contributed by atoms with Crippen LogP contribution in [0.3, 0.4) is 0 Å². The van der Waals surface area contributed by atoms with Crippen molar-refractivity contribution >= 4 is 35.5 Å². The number of hydrogen-bond acceptors (Lipinski definition) is 7. The first-order chi connectivity index (χ1) is 15.9. The highest BCUT2D eigenvalue weighted by atomic mass is 19.1. The van der Waals surface area contributed by atoms with E-state index in [1.807, 2.05) is 0 Å². The first-order valence-electron chi connectivity index (χ1n) is 10.3. The molecule has 3 heterocycles. The van der Waals surface area contributed by atoms with E-state index >= 15 is 0 Å². The van der Waals surface area contributed by atoms with Gasteiger partial charge in [-0.05, 0) is 48.5 Å². The summed E-state index contributed by atoms with van der Waals surface area (Å²) in [6, 6.07) is 9.61. The number of nitrogens with zero attached hydrogens (tertiary/aromatic N) is 3. The van der Waals surface area contributed by atoms with E-state index in [9.17, 15) is 23.6 Å². The van der Waals surface area contributed by atoms with Crippen molar-refractivity contribution in [2.45, 2.75) is 19.0 Å². The molecular weight excluding hydrogens is 429 g/mol. The van der Waals surface area contributed by atoms with Crippen molar-refractivity contribution in [1.29, 1.82) is 0 Å². The minimum absolute atomic E-state index is 0.131. The summed E-state index contributed by atoms with van der Waals surface area (Å²) in [5.41, 5.74) is 0.413. The van der Waals surface area contributed by atoms with Gasteiger partial charge in [-0.1, -0.05) is 12.1 Å². The van der Waals surface area contributed by atoms with Gasteiger partial charge in [0.05, 0.1) is 23.6 Å². The van der Waals surface area contributed by atoms with E-state index in [2.05, 4.69) is 5.10 Å². The lowest BCUT2D eigenvalue weighted by atomic mass is 9.86. The van der Waals surface area contributed by atoms with Gasteiger partial charge in [0.2, 0.25) is 11.8 Å². The molecule has 0 bridgehead atoms.